The first-order chi connectivity index (χ1) is 34.9. The van der Waals surface area contributed by atoms with Crippen LogP contribution >= 0.6 is 12.6 Å². The van der Waals surface area contributed by atoms with Crippen molar-refractivity contribution in [2.45, 2.75) is 139 Å². The van der Waals surface area contributed by atoms with Crippen LogP contribution in [0.3, 0.4) is 0 Å². The van der Waals surface area contributed by atoms with Crippen LogP contribution in [0.1, 0.15) is 106 Å². The highest BCUT2D eigenvalue weighted by Gasteiger charge is 2.39. The highest BCUT2D eigenvalue weighted by molar-refractivity contribution is 7.80. The van der Waals surface area contributed by atoms with E-state index in [0.717, 1.165) is 50.2 Å². The summed E-state index contributed by atoms with van der Waals surface area (Å²) < 4.78 is 0. The molecule has 3 aromatic carbocycles. The van der Waals surface area contributed by atoms with E-state index in [1.807, 2.05) is 24.3 Å². The summed E-state index contributed by atoms with van der Waals surface area (Å²) in [5.74, 6) is -11.4. The number of carbonyl (C=O) groups is 10. The molecular formula is C52H65N7O13S. The number of hydrogen-bond acceptors (Lipinski definition) is 11. The van der Waals surface area contributed by atoms with Crippen LogP contribution < -0.4 is 37.2 Å². The molecule has 20 nitrogen and oxygen atoms in total. The summed E-state index contributed by atoms with van der Waals surface area (Å²) in [6.07, 6.45) is 2.46. The molecule has 73 heavy (non-hydrogen) atoms. The van der Waals surface area contributed by atoms with Gasteiger partial charge in [-0.1, -0.05) is 117 Å². The molecule has 0 saturated heterocycles. The van der Waals surface area contributed by atoms with E-state index in [1.54, 1.807) is 60.7 Å². The van der Waals surface area contributed by atoms with E-state index in [1.165, 1.54) is 0 Å². The number of fused-ring (bicyclic) bond motifs is 1. The molecule has 0 radical (unpaired) electrons. The van der Waals surface area contributed by atoms with Crippen LogP contribution in [0.15, 0.2) is 84.9 Å². The summed E-state index contributed by atoms with van der Waals surface area (Å²) in [5, 5.41) is 47.2. The number of carbonyl (C=O) groups excluding carboxylic acids is 7. The molecule has 21 heteroatoms. The summed E-state index contributed by atoms with van der Waals surface area (Å²) in [7, 11) is 0. The monoisotopic (exact) mass is 1030 g/mol. The third-order valence-electron chi connectivity index (χ3n) is 13.0. The first kappa shape index (κ1) is 56.6. The Labute approximate surface area is 428 Å². The highest BCUT2D eigenvalue weighted by Crippen LogP contribution is 2.30. The van der Waals surface area contributed by atoms with Crippen molar-refractivity contribution < 1.29 is 63.3 Å². The lowest BCUT2D eigenvalue weighted by Gasteiger charge is -2.32. The molecule has 0 heterocycles. The topological polar surface area (TPSA) is 316 Å². The summed E-state index contributed by atoms with van der Waals surface area (Å²) in [6.45, 7) is 1.04. The second-order valence-electron chi connectivity index (χ2n) is 18.6. The fourth-order valence-electron chi connectivity index (χ4n) is 9.38. The molecule has 10 N–H and O–H groups in total. The lowest BCUT2D eigenvalue weighted by Crippen LogP contribution is -2.61. The van der Waals surface area contributed by atoms with Gasteiger partial charge in [-0.3, -0.25) is 47.9 Å². The third-order valence-corrected chi connectivity index (χ3v) is 13.4. The second kappa shape index (κ2) is 28.1. The van der Waals surface area contributed by atoms with Crippen LogP contribution in [0.4, 0.5) is 0 Å². The molecule has 2 aliphatic carbocycles. The van der Waals surface area contributed by atoms with E-state index in [-0.39, 0.29) is 24.1 Å². The third kappa shape index (κ3) is 17.8. The van der Waals surface area contributed by atoms with Gasteiger partial charge in [0.2, 0.25) is 41.4 Å². The van der Waals surface area contributed by atoms with Crippen molar-refractivity contribution in [1.82, 2.24) is 37.2 Å². The Morgan fingerprint density at radius 2 is 0.973 bits per heavy atom. The SMILES string of the molecule is CC(=O)N[C@@H](CC(=O)O)C(=O)N[C@@H](CCC(=O)O)C(=O)N[C@H](C(=O)N[C@@H](CCC(=O)O)C(=O)N[C@@H](CC1CCCCC1)C(=O)N[C@@H](CS)C(=O)NC1Cc2ccccc2C1)C(c1ccccc1)c1ccccc1. The molecule has 6 atom stereocenters. The first-order valence-electron chi connectivity index (χ1n) is 24.4. The largest absolute Gasteiger partial charge is 0.481 e. The van der Waals surface area contributed by atoms with Gasteiger partial charge in [0, 0.05) is 37.5 Å². The lowest BCUT2D eigenvalue weighted by atomic mass is 9.84. The molecule has 5 rings (SSSR count). The van der Waals surface area contributed by atoms with Crippen LogP contribution in [-0.2, 0) is 60.8 Å². The van der Waals surface area contributed by atoms with Crippen molar-refractivity contribution in [3.8, 4) is 0 Å². The Hall–Kier alpha value is -7.29. The maximum Gasteiger partial charge on any atom is 0.305 e. The normalized spacial score (nSPS) is 15.9. The molecule has 1 fully saturated rings. The Morgan fingerprint density at radius 1 is 0.521 bits per heavy atom. The maximum absolute atomic E-state index is 15.0. The number of rotatable bonds is 27. The molecule has 0 aliphatic heterocycles. The minimum absolute atomic E-state index is 0.00133. The zero-order valence-electron chi connectivity index (χ0n) is 40.5. The average molecular weight is 1030 g/mol. The molecule has 0 unspecified atom stereocenters. The minimum atomic E-state index is -1.72. The van der Waals surface area contributed by atoms with Crippen molar-refractivity contribution in [2.75, 3.05) is 5.75 Å². The standard InChI is InChI=1S/C52H65N7O13S/c1-30(60)53-40(28-44(65)66)50(70)55-38(22-24-43(63)64)48(68)59-46(45(32-15-7-3-8-16-32)33-17-9-4-10-18-33)52(72)56-37(21-23-42(61)62)47(67)57-39(25-31-13-5-2-6-14-31)49(69)58-41(29-73)51(71)54-36-26-34-19-11-12-20-35(34)27-36/h3-4,7-12,15-20,31,36-41,45-46,73H,2,5-6,13-14,21-29H2,1H3,(H,53,60)(H,54,71)(H,55,70)(H,56,72)(H,57,67)(H,58,69)(H,59,68)(H,61,62)(H,63,64)(H,65,66)/t37-,38-,39-,40-,41-,46-/m0/s1. The van der Waals surface area contributed by atoms with Crippen LogP contribution in [-0.4, -0.2) is 123 Å². The predicted molar refractivity (Wildman–Crippen MR) is 269 cm³/mol. The Kier molecular flexibility index (Phi) is 21.8. The zero-order chi connectivity index (χ0) is 53.0. The molecule has 392 valence electrons. The van der Waals surface area contributed by atoms with Crippen molar-refractivity contribution >= 4 is 71.9 Å². The number of benzene rings is 3. The van der Waals surface area contributed by atoms with E-state index in [2.05, 4.69) is 49.8 Å². The van der Waals surface area contributed by atoms with Gasteiger partial charge in [0.25, 0.3) is 0 Å². The summed E-state index contributed by atoms with van der Waals surface area (Å²) in [6, 6.07) is 15.4. The summed E-state index contributed by atoms with van der Waals surface area (Å²) >= 11 is 4.38. The predicted octanol–water partition coefficient (Wildman–Crippen LogP) is 2.14. The molecular weight excluding hydrogens is 963 g/mol. The highest BCUT2D eigenvalue weighted by atomic mass is 32.1. The number of hydrogen-bond donors (Lipinski definition) is 11. The van der Waals surface area contributed by atoms with Gasteiger partial charge in [-0.05, 0) is 60.3 Å². The van der Waals surface area contributed by atoms with E-state index < -0.39 is 134 Å². The van der Waals surface area contributed by atoms with Gasteiger partial charge in [0.05, 0.1) is 6.42 Å². The fraction of sp³-hybridized carbons (Fsp3) is 0.462. The molecule has 1 saturated carbocycles. The van der Waals surface area contributed by atoms with Crippen molar-refractivity contribution in [3.63, 3.8) is 0 Å². The van der Waals surface area contributed by atoms with Crippen LogP contribution in [0.25, 0.3) is 0 Å². The molecule has 0 bridgehead atoms. The van der Waals surface area contributed by atoms with Crippen molar-refractivity contribution in [1.29, 1.82) is 0 Å². The van der Waals surface area contributed by atoms with Gasteiger partial charge in [0.15, 0.2) is 0 Å². The van der Waals surface area contributed by atoms with E-state index in [4.69, 9.17) is 0 Å². The van der Waals surface area contributed by atoms with Crippen molar-refractivity contribution in [2.24, 2.45) is 5.92 Å². The van der Waals surface area contributed by atoms with Gasteiger partial charge >= 0.3 is 17.9 Å². The number of nitrogens with one attached hydrogen (secondary N) is 7. The lowest BCUT2D eigenvalue weighted by molar-refractivity contribution is -0.141. The van der Waals surface area contributed by atoms with Gasteiger partial charge in [0.1, 0.15) is 36.3 Å². The second-order valence-corrected chi connectivity index (χ2v) is 18.9. The molecule has 3 aromatic rings. The molecule has 7 amide bonds. The minimum Gasteiger partial charge on any atom is -0.481 e. The summed E-state index contributed by atoms with van der Waals surface area (Å²) in [5.41, 5.74) is 3.17. The van der Waals surface area contributed by atoms with E-state index in [9.17, 15) is 58.5 Å². The summed E-state index contributed by atoms with van der Waals surface area (Å²) in [4.78, 5) is 133. The van der Waals surface area contributed by atoms with E-state index >= 15 is 4.79 Å². The number of carboxylic acids is 3. The van der Waals surface area contributed by atoms with Crippen LogP contribution in [0, 0.1) is 5.92 Å². The zero-order valence-corrected chi connectivity index (χ0v) is 41.4. The number of carboxylic acid groups (broad SMARTS) is 3. The van der Waals surface area contributed by atoms with E-state index in [0.29, 0.717) is 24.0 Å². The number of amides is 7. The maximum atomic E-state index is 15.0. The number of aliphatic carboxylic acids is 3. The van der Waals surface area contributed by atoms with Gasteiger partial charge in [-0.15, -0.1) is 0 Å². The van der Waals surface area contributed by atoms with Crippen LogP contribution in [0.5, 0.6) is 0 Å². The average Bonchev–Trinajstić information content (AvgIpc) is 3.77. The first-order valence-corrected chi connectivity index (χ1v) is 25.1. The van der Waals surface area contributed by atoms with Crippen molar-refractivity contribution in [3.05, 3.63) is 107 Å². The Balaban J connectivity index is 1.46. The molecule has 2 aliphatic rings. The number of thiol groups is 1. The molecule has 0 aromatic heterocycles. The van der Waals surface area contributed by atoms with Gasteiger partial charge in [-0.2, -0.15) is 12.6 Å². The Morgan fingerprint density at radius 3 is 1.47 bits per heavy atom. The van der Waals surface area contributed by atoms with Gasteiger partial charge < -0.3 is 52.5 Å². The Bertz CT molecular complexity index is 2360. The quantitative estimate of drug-likeness (QED) is 0.0489. The van der Waals surface area contributed by atoms with Gasteiger partial charge in [-0.25, -0.2) is 0 Å². The van der Waals surface area contributed by atoms with Crippen LogP contribution in [0.2, 0.25) is 0 Å². The molecule has 0 spiro atoms. The fourth-order valence-corrected chi connectivity index (χ4v) is 9.63. The smallest absolute Gasteiger partial charge is 0.305 e.